The van der Waals surface area contributed by atoms with E-state index in [1.165, 1.54) is 12.8 Å². The summed E-state index contributed by atoms with van der Waals surface area (Å²) in [6.45, 7) is 11.0. The Hall–Kier alpha value is -1.12. The lowest BCUT2D eigenvalue weighted by Crippen LogP contribution is -2.25. The van der Waals surface area contributed by atoms with E-state index in [2.05, 4.69) is 49.0 Å². The number of hydrogen-bond donors (Lipinski definition) is 1. The Labute approximate surface area is 110 Å². The van der Waals surface area contributed by atoms with Gasteiger partial charge in [0.05, 0.1) is 0 Å². The second-order valence-electron chi connectivity index (χ2n) is 6.07. The van der Waals surface area contributed by atoms with Crippen LogP contribution in [0.1, 0.15) is 58.0 Å². The van der Waals surface area contributed by atoms with Gasteiger partial charge in [-0.15, -0.1) is 0 Å². The largest absolute Gasteiger partial charge is 0.367 e. The molecule has 0 bridgehead atoms. The summed E-state index contributed by atoms with van der Waals surface area (Å²) in [6.07, 6.45) is 2.57. The van der Waals surface area contributed by atoms with E-state index in [1.807, 2.05) is 6.92 Å². The van der Waals surface area contributed by atoms with Gasteiger partial charge >= 0.3 is 0 Å². The molecule has 2 rings (SSSR count). The molecule has 1 fully saturated rings. The van der Waals surface area contributed by atoms with Gasteiger partial charge in [0.2, 0.25) is 0 Å². The Kier molecular flexibility index (Phi) is 3.88. The molecule has 1 aromatic rings. The van der Waals surface area contributed by atoms with Crippen molar-refractivity contribution in [3.63, 3.8) is 0 Å². The quantitative estimate of drug-likeness (QED) is 0.884. The second-order valence-corrected chi connectivity index (χ2v) is 6.07. The van der Waals surface area contributed by atoms with E-state index >= 15 is 0 Å². The zero-order valence-electron chi connectivity index (χ0n) is 12.2. The van der Waals surface area contributed by atoms with Crippen LogP contribution >= 0.6 is 0 Å². The maximum absolute atomic E-state index is 4.63. The molecule has 3 atom stereocenters. The minimum Gasteiger partial charge on any atom is -0.367 e. The molecular weight excluding hydrogens is 222 g/mol. The molecule has 3 heteroatoms. The standard InChI is InChI=1S/C15H25N3/c1-9(2)15-16-11(4)8-14(18-15)17-13-7-6-10(3)12(13)5/h8-10,12-13H,6-7H2,1-5H3,(H,16,17,18). The maximum atomic E-state index is 4.63. The van der Waals surface area contributed by atoms with Crippen molar-refractivity contribution in [2.45, 2.75) is 59.4 Å². The molecule has 1 aliphatic carbocycles. The van der Waals surface area contributed by atoms with Gasteiger partial charge in [0, 0.05) is 23.7 Å². The molecule has 0 saturated heterocycles. The Morgan fingerprint density at radius 2 is 1.94 bits per heavy atom. The van der Waals surface area contributed by atoms with Crippen molar-refractivity contribution in [2.75, 3.05) is 5.32 Å². The van der Waals surface area contributed by atoms with Gasteiger partial charge in [-0.2, -0.15) is 0 Å². The Morgan fingerprint density at radius 3 is 2.50 bits per heavy atom. The first-order valence-electron chi connectivity index (χ1n) is 7.09. The van der Waals surface area contributed by atoms with Gasteiger partial charge < -0.3 is 5.32 Å². The number of nitrogens with one attached hydrogen (secondary N) is 1. The first kappa shape index (κ1) is 13.3. The van der Waals surface area contributed by atoms with Crippen LogP contribution < -0.4 is 5.32 Å². The van der Waals surface area contributed by atoms with E-state index in [0.717, 1.165) is 29.2 Å². The number of nitrogens with zero attached hydrogens (tertiary/aromatic N) is 2. The smallest absolute Gasteiger partial charge is 0.133 e. The van der Waals surface area contributed by atoms with E-state index in [0.29, 0.717) is 12.0 Å². The lowest BCUT2D eigenvalue weighted by Gasteiger charge is -2.21. The second kappa shape index (κ2) is 5.25. The fourth-order valence-corrected chi connectivity index (χ4v) is 2.68. The van der Waals surface area contributed by atoms with Gasteiger partial charge in [0.25, 0.3) is 0 Å². The molecule has 1 aliphatic rings. The maximum Gasteiger partial charge on any atom is 0.133 e. The minimum absolute atomic E-state index is 0.380. The van der Waals surface area contributed by atoms with Gasteiger partial charge in [-0.05, 0) is 31.6 Å². The van der Waals surface area contributed by atoms with Crippen molar-refractivity contribution in [3.05, 3.63) is 17.6 Å². The summed E-state index contributed by atoms with van der Waals surface area (Å²) in [5.74, 6) is 3.86. The highest BCUT2D eigenvalue weighted by atomic mass is 15.1. The zero-order chi connectivity index (χ0) is 13.3. The van der Waals surface area contributed by atoms with Crippen molar-refractivity contribution in [2.24, 2.45) is 11.8 Å². The van der Waals surface area contributed by atoms with E-state index in [1.54, 1.807) is 0 Å². The van der Waals surface area contributed by atoms with Crippen LogP contribution in [0.25, 0.3) is 0 Å². The van der Waals surface area contributed by atoms with Crippen LogP contribution in [0.4, 0.5) is 5.82 Å². The number of aromatic nitrogens is 2. The normalized spacial score (nSPS) is 27.8. The third kappa shape index (κ3) is 2.82. The Bertz CT molecular complexity index is 414. The van der Waals surface area contributed by atoms with Crippen molar-refractivity contribution in [1.82, 2.24) is 9.97 Å². The van der Waals surface area contributed by atoms with Crippen LogP contribution in [0, 0.1) is 18.8 Å². The van der Waals surface area contributed by atoms with Crippen LogP contribution in [0.5, 0.6) is 0 Å². The topological polar surface area (TPSA) is 37.8 Å². The summed E-state index contributed by atoms with van der Waals surface area (Å²) >= 11 is 0. The van der Waals surface area contributed by atoms with Crippen molar-refractivity contribution < 1.29 is 0 Å². The van der Waals surface area contributed by atoms with Gasteiger partial charge in [-0.3, -0.25) is 0 Å². The molecule has 0 amide bonds. The molecule has 0 aromatic carbocycles. The van der Waals surface area contributed by atoms with Crippen LogP contribution in [0.15, 0.2) is 6.07 Å². The summed E-state index contributed by atoms with van der Waals surface area (Å²) in [4.78, 5) is 9.12. The monoisotopic (exact) mass is 247 g/mol. The van der Waals surface area contributed by atoms with Gasteiger partial charge in [0.15, 0.2) is 0 Å². The summed E-state index contributed by atoms with van der Waals surface area (Å²) < 4.78 is 0. The highest BCUT2D eigenvalue weighted by molar-refractivity contribution is 5.38. The molecule has 3 nitrogen and oxygen atoms in total. The van der Waals surface area contributed by atoms with Gasteiger partial charge in [0.1, 0.15) is 11.6 Å². The van der Waals surface area contributed by atoms with Crippen molar-refractivity contribution in [1.29, 1.82) is 0 Å². The molecule has 0 radical (unpaired) electrons. The van der Waals surface area contributed by atoms with Crippen molar-refractivity contribution in [3.8, 4) is 0 Å². The minimum atomic E-state index is 0.380. The van der Waals surface area contributed by atoms with E-state index in [4.69, 9.17) is 0 Å². The van der Waals surface area contributed by atoms with E-state index in [9.17, 15) is 0 Å². The predicted molar refractivity (Wildman–Crippen MR) is 75.8 cm³/mol. The fraction of sp³-hybridized carbons (Fsp3) is 0.733. The molecule has 1 saturated carbocycles. The average molecular weight is 247 g/mol. The molecule has 18 heavy (non-hydrogen) atoms. The third-order valence-electron chi connectivity index (χ3n) is 4.19. The van der Waals surface area contributed by atoms with Crippen LogP contribution in [0.2, 0.25) is 0 Å². The van der Waals surface area contributed by atoms with Crippen LogP contribution in [-0.4, -0.2) is 16.0 Å². The Balaban J connectivity index is 2.14. The lowest BCUT2D eigenvalue weighted by atomic mass is 9.98. The van der Waals surface area contributed by atoms with E-state index < -0.39 is 0 Å². The summed E-state index contributed by atoms with van der Waals surface area (Å²) in [6, 6.07) is 2.62. The van der Waals surface area contributed by atoms with Gasteiger partial charge in [-0.1, -0.05) is 27.7 Å². The highest BCUT2D eigenvalue weighted by Crippen LogP contribution is 2.33. The van der Waals surface area contributed by atoms with E-state index in [-0.39, 0.29) is 0 Å². The summed E-state index contributed by atoms with van der Waals surface area (Å²) in [7, 11) is 0. The molecule has 1 N–H and O–H groups in total. The number of rotatable bonds is 3. The predicted octanol–water partition coefficient (Wildman–Crippen LogP) is 3.75. The first-order chi connectivity index (χ1) is 8.47. The summed E-state index contributed by atoms with van der Waals surface area (Å²) in [5.41, 5.74) is 1.05. The molecule has 0 spiro atoms. The molecule has 1 aromatic heterocycles. The lowest BCUT2D eigenvalue weighted by molar-refractivity contribution is 0.435. The number of aryl methyl sites for hydroxylation is 1. The van der Waals surface area contributed by atoms with Crippen LogP contribution in [0.3, 0.4) is 0 Å². The molecule has 3 unspecified atom stereocenters. The third-order valence-corrected chi connectivity index (χ3v) is 4.19. The van der Waals surface area contributed by atoms with Crippen LogP contribution in [-0.2, 0) is 0 Å². The molecular formula is C15H25N3. The first-order valence-corrected chi connectivity index (χ1v) is 7.09. The zero-order valence-corrected chi connectivity index (χ0v) is 12.2. The van der Waals surface area contributed by atoms with Gasteiger partial charge in [-0.25, -0.2) is 9.97 Å². The summed E-state index contributed by atoms with van der Waals surface area (Å²) in [5, 5.41) is 3.61. The van der Waals surface area contributed by atoms with Crippen molar-refractivity contribution >= 4 is 5.82 Å². The Morgan fingerprint density at radius 1 is 1.22 bits per heavy atom. The number of hydrogen-bond acceptors (Lipinski definition) is 3. The average Bonchev–Trinajstić information content (AvgIpc) is 2.60. The highest BCUT2D eigenvalue weighted by Gasteiger charge is 2.29. The molecule has 0 aliphatic heterocycles. The number of anilines is 1. The molecule has 100 valence electrons. The molecule has 1 heterocycles. The fourth-order valence-electron chi connectivity index (χ4n) is 2.68. The SMILES string of the molecule is Cc1cc(NC2CCC(C)C2C)nc(C(C)C)n1.